The van der Waals surface area contributed by atoms with Gasteiger partial charge in [0.05, 0.1) is 12.2 Å². The van der Waals surface area contributed by atoms with Crippen molar-refractivity contribution in [2.45, 2.75) is 149 Å². The first-order valence-electron chi connectivity index (χ1n) is 13.9. The molecule has 0 aromatic rings. The molecule has 0 rings (SSSR count). The van der Waals surface area contributed by atoms with Crippen molar-refractivity contribution in [3.63, 3.8) is 0 Å². The van der Waals surface area contributed by atoms with Gasteiger partial charge >= 0.3 is 0 Å². The summed E-state index contributed by atoms with van der Waals surface area (Å²) < 4.78 is 12.0. The van der Waals surface area contributed by atoms with Gasteiger partial charge in [-0.25, -0.2) is 0 Å². The Balaban J connectivity index is 3.65. The third-order valence-electron chi connectivity index (χ3n) is 6.73. The van der Waals surface area contributed by atoms with Crippen LogP contribution in [0.15, 0.2) is 24.8 Å². The molecule has 0 amide bonds. The van der Waals surface area contributed by atoms with Gasteiger partial charge in [0, 0.05) is 6.61 Å². The second kappa shape index (κ2) is 20.4. The quantitative estimate of drug-likeness (QED) is 0.0811. The van der Waals surface area contributed by atoms with E-state index in [0.717, 1.165) is 25.9 Å². The van der Waals surface area contributed by atoms with E-state index in [9.17, 15) is 4.79 Å². The Morgan fingerprint density at radius 1 is 0.727 bits per heavy atom. The van der Waals surface area contributed by atoms with Crippen LogP contribution in [0, 0.1) is 0 Å². The highest BCUT2D eigenvalue weighted by Crippen LogP contribution is 2.23. The van der Waals surface area contributed by atoms with Crippen LogP contribution in [0.1, 0.15) is 137 Å². The molecule has 0 aromatic heterocycles. The third kappa shape index (κ3) is 18.1. The molecule has 33 heavy (non-hydrogen) atoms. The average molecular weight is 465 g/mol. The number of carbonyl (C=O) groups is 1. The molecule has 0 N–H and O–H groups in total. The maximum Gasteiger partial charge on any atom is 0.186 e. The van der Waals surface area contributed by atoms with E-state index in [1.165, 1.54) is 89.5 Å². The summed E-state index contributed by atoms with van der Waals surface area (Å²) in [5, 5.41) is 0. The molecule has 1 atom stereocenters. The zero-order valence-electron chi connectivity index (χ0n) is 22.9. The lowest BCUT2D eigenvalue weighted by molar-refractivity contribution is -0.138. The van der Waals surface area contributed by atoms with E-state index in [1.807, 2.05) is 0 Å². The predicted octanol–water partition coefficient (Wildman–Crippen LogP) is 9.15. The summed E-state index contributed by atoms with van der Waals surface area (Å²) in [5.74, 6) is -0.0780. The summed E-state index contributed by atoms with van der Waals surface area (Å²) in [4.78, 5) is 11.8. The van der Waals surface area contributed by atoms with E-state index in [0.29, 0.717) is 6.61 Å². The monoisotopic (exact) mass is 464 g/mol. The topological polar surface area (TPSA) is 35.5 Å². The van der Waals surface area contributed by atoms with Crippen LogP contribution in [-0.4, -0.2) is 30.2 Å². The highest BCUT2D eigenvalue weighted by atomic mass is 16.5. The number of carbonyl (C=O) groups excluding carboxylic acids is 1. The van der Waals surface area contributed by atoms with Gasteiger partial charge in [-0.1, -0.05) is 90.4 Å². The van der Waals surface area contributed by atoms with Gasteiger partial charge in [-0.3, -0.25) is 4.79 Å². The molecule has 0 aliphatic heterocycles. The molecule has 0 saturated heterocycles. The van der Waals surface area contributed by atoms with Crippen molar-refractivity contribution in [2.24, 2.45) is 0 Å². The van der Waals surface area contributed by atoms with Crippen molar-refractivity contribution in [3.8, 4) is 0 Å². The minimum Gasteiger partial charge on any atom is -0.375 e. The van der Waals surface area contributed by atoms with Crippen LogP contribution in [0.4, 0.5) is 0 Å². The average Bonchev–Trinajstić information content (AvgIpc) is 2.80. The maximum absolute atomic E-state index is 11.8. The first-order valence-corrected chi connectivity index (χ1v) is 13.9. The van der Waals surface area contributed by atoms with Crippen molar-refractivity contribution in [2.75, 3.05) is 13.2 Å². The first kappa shape index (κ1) is 32.1. The number of unbranched alkanes of at least 4 members (excludes halogenated alkanes) is 12. The van der Waals surface area contributed by atoms with E-state index in [1.54, 1.807) is 13.8 Å². The summed E-state index contributed by atoms with van der Waals surface area (Å²) in [6, 6.07) is 0. The van der Waals surface area contributed by atoms with Crippen LogP contribution in [0.3, 0.4) is 0 Å². The normalized spacial score (nSPS) is 14.0. The molecular weight excluding hydrogens is 408 g/mol. The van der Waals surface area contributed by atoms with E-state index < -0.39 is 5.60 Å². The minimum absolute atomic E-state index is 0.0780. The van der Waals surface area contributed by atoms with Crippen molar-refractivity contribution < 1.29 is 14.3 Å². The Labute approximate surface area is 206 Å². The number of allylic oxidation sites excluding steroid dienone is 2. The Morgan fingerprint density at radius 2 is 1.24 bits per heavy atom. The number of ether oxygens (including phenoxy) is 2. The summed E-state index contributed by atoms with van der Waals surface area (Å²) in [7, 11) is 0. The Morgan fingerprint density at radius 3 is 1.76 bits per heavy atom. The van der Waals surface area contributed by atoms with Crippen LogP contribution in [0.5, 0.6) is 0 Å². The smallest absolute Gasteiger partial charge is 0.186 e. The molecule has 194 valence electrons. The Kier molecular flexibility index (Phi) is 19.9. The summed E-state index contributed by atoms with van der Waals surface area (Å²) >= 11 is 0. The molecule has 0 radical (unpaired) electrons. The van der Waals surface area contributed by atoms with Crippen LogP contribution in [0.25, 0.3) is 0 Å². The van der Waals surface area contributed by atoms with E-state index in [4.69, 9.17) is 9.47 Å². The fourth-order valence-electron chi connectivity index (χ4n) is 3.86. The molecule has 0 aliphatic rings. The molecule has 1 unspecified atom stereocenters. The number of hydrogen-bond acceptors (Lipinski definition) is 3. The van der Waals surface area contributed by atoms with E-state index in [-0.39, 0.29) is 11.4 Å². The zero-order chi connectivity index (χ0) is 24.8. The Bertz CT molecular complexity index is 509. The lowest BCUT2D eigenvalue weighted by Gasteiger charge is -2.31. The second-order valence-electron chi connectivity index (χ2n) is 10.3. The zero-order valence-corrected chi connectivity index (χ0v) is 22.9. The van der Waals surface area contributed by atoms with Gasteiger partial charge in [-0.05, 0) is 71.8 Å². The lowest BCUT2D eigenvalue weighted by atomic mass is 9.98. The highest BCUT2D eigenvalue weighted by molar-refractivity contribution is 5.95. The summed E-state index contributed by atoms with van der Waals surface area (Å²) in [5.41, 5.74) is -0.991. The predicted molar refractivity (Wildman–Crippen MR) is 144 cm³/mol. The van der Waals surface area contributed by atoms with E-state index >= 15 is 0 Å². The van der Waals surface area contributed by atoms with Gasteiger partial charge < -0.3 is 9.47 Å². The van der Waals surface area contributed by atoms with Crippen molar-refractivity contribution in [3.05, 3.63) is 24.8 Å². The minimum atomic E-state index is -0.805. The molecule has 0 bridgehead atoms. The van der Waals surface area contributed by atoms with Crippen LogP contribution in [-0.2, 0) is 14.3 Å². The van der Waals surface area contributed by atoms with Crippen LogP contribution in [0.2, 0.25) is 0 Å². The van der Waals surface area contributed by atoms with Gasteiger partial charge in [-0.15, -0.1) is 0 Å². The van der Waals surface area contributed by atoms with Gasteiger partial charge in [0.1, 0.15) is 5.60 Å². The fourth-order valence-corrected chi connectivity index (χ4v) is 3.86. The fraction of sp³-hybridized carbons (Fsp3) is 0.833. The molecular formula is C30H56O3. The number of hydrogen-bond donors (Lipinski definition) is 0. The molecule has 0 fully saturated rings. The summed E-state index contributed by atoms with van der Waals surface area (Å²) in [6.45, 7) is 15.1. The van der Waals surface area contributed by atoms with Crippen molar-refractivity contribution in [1.29, 1.82) is 0 Å². The lowest BCUT2D eigenvalue weighted by Crippen LogP contribution is -2.37. The molecule has 3 heteroatoms. The summed E-state index contributed by atoms with van der Waals surface area (Å²) in [6.07, 6.45) is 26.3. The van der Waals surface area contributed by atoms with Crippen molar-refractivity contribution in [1.82, 2.24) is 0 Å². The van der Waals surface area contributed by atoms with Gasteiger partial charge in [-0.2, -0.15) is 0 Å². The van der Waals surface area contributed by atoms with Crippen LogP contribution >= 0.6 is 0 Å². The SMILES string of the molecule is C=CC(=O)C(C)(C)OCCC(C)(CC)OCCCCCCCCC=CCCCCCCCC. The first-order chi connectivity index (χ1) is 15.8. The van der Waals surface area contributed by atoms with Gasteiger partial charge in [0.2, 0.25) is 0 Å². The molecule has 0 aliphatic carbocycles. The largest absolute Gasteiger partial charge is 0.375 e. The molecule has 0 saturated carbocycles. The molecule has 0 spiro atoms. The van der Waals surface area contributed by atoms with Gasteiger partial charge in [0.15, 0.2) is 5.78 Å². The maximum atomic E-state index is 11.8. The standard InChI is InChI=1S/C30H56O3/c1-7-10-11-12-13-14-15-16-17-18-19-20-21-22-23-24-26-33-30(6,9-3)25-27-32-29(4,5)28(31)8-2/h8,16-17H,2,7,9-15,18-27H2,1,3-6H3. The van der Waals surface area contributed by atoms with Crippen molar-refractivity contribution >= 4 is 5.78 Å². The highest BCUT2D eigenvalue weighted by Gasteiger charge is 2.28. The Hall–Kier alpha value is -0.930. The molecule has 0 aromatic carbocycles. The van der Waals surface area contributed by atoms with Crippen LogP contribution < -0.4 is 0 Å². The molecule has 3 nitrogen and oxygen atoms in total. The molecule has 0 heterocycles. The van der Waals surface area contributed by atoms with E-state index in [2.05, 4.69) is 39.5 Å². The number of rotatable bonds is 24. The van der Waals surface area contributed by atoms with Gasteiger partial charge in [0.25, 0.3) is 0 Å². The third-order valence-corrected chi connectivity index (χ3v) is 6.73. The second-order valence-corrected chi connectivity index (χ2v) is 10.3. The number of ketones is 1.